The summed E-state index contributed by atoms with van der Waals surface area (Å²) in [5.41, 5.74) is -0.670. The monoisotopic (exact) mass is 298 g/mol. The normalized spacial score (nSPS) is 14.9. The van der Waals surface area contributed by atoms with E-state index < -0.39 is 25.8 Å². The van der Waals surface area contributed by atoms with Gasteiger partial charge < -0.3 is 4.43 Å². The largest absolute Gasteiger partial charge is 0.403 e. The highest BCUT2D eigenvalue weighted by molar-refractivity contribution is 6.84. The zero-order valence-corrected chi connectivity index (χ0v) is 13.9. The lowest BCUT2D eigenvalue weighted by atomic mass is 9.85. The summed E-state index contributed by atoms with van der Waals surface area (Å²) >= 11 is 0. The van der Waals surface area contributed by atoms with Gasteiger partial charge in [0.05, 0.1) is 0 Å². The minimum atomic E-state index is -3.04. The maximum absolute atomic E-state index is 14.1. The summed E-state index contributed by atoms with van der Waals surface area (Å²) < 4.78 is 34.2. The van der Waals surface area contributed by atoms with Gasteiger partial charge in [0, 0.05) is 0 Å². The van der Waals surface area contributed by atoms with Gasteiger partial charge in [-0.15, -0.1) is 0 Å². The molecule has 0 aliphatic carbocycles. The van der Waals surface area contributed by atoms with E-state index in [0.29, 0.717) is 6.08 Å². The van der Waals surface area contributed by atoms with Crippen LogP contribution in [0.4, 0.5) is 8.78 Å². The number of halogens is 2. The Morgan fingerprint density at radius 2 is 1.65 bits per heavy atom. The molecule has 0 aliphatic rings. The number of benzene rings is 1. The Kier molecular flexibility index (Phi) is 4.93. The smallest absolute Gasteiger partial charge is 0.291 e. The summed E-state index contributed by atoms with van der Waals surface area (Å²) in [5, 5.41) is 1.01. The molecule has 0 saturated carbocycles. The number of rotatable bonds is 5. The van der Waals surface area contributed by atoms with Crippen LogP contribution in [0.15, 0.2) is 43.0 Å². The van der Waals surface area contributed by atoms with Crippen LogP contribution in [-0.4, -0.2) is 20.3 Å². The van der Waals surface area contributed by atoms with E-state index in [1.54, 1.807) is 20.8 Å². The highest BCUT2D eigenvalue weighted by Crippen LogP contribution is 2.37. The van der Waals surface area contributed by atoms with Crippen LogP contribution in [0, 0.1) is 5.41 Å². The summed E-state index contributed by atoms with van der Waals surface area (Å²) in [7, 11) is -2.41. The molecule has 1 unspecified atom stereocenters. The Balaban J connectivity index is 3.11. The Bertz CT molecular complexity index is 449. The van der Waals surface area contributed by atoms with Crippen molar-refractivity contribution >= 4 is 13.5 Å². The molecule has 1 aromatic rings. The standard InChI is InChI=1S/C16H24F2OSi/c1-7-16(17,18)14(15(2,3)4)19-20(5,6)13-11-9-8-10-12-13/h7-12,14H,1H2,2-6H3. The Morgan fingerprint density at radius 1 is 1.15 bits per heavy atom. The van der Waals surface area contributed by atoms with Crippen LogP contribution in [0.5, 0.6) is 0 Å². The highest BCUT2D eigenvalue weighted by Gasteiger charge is 2.48. The molecule has 4 heteroatoms. The highest BCUT2D eigenvalue weighted by atomic mass is 28.4. The van der Waals surface area contributed by atoms with E-state index in [0.717, 1.165) is 5.19 Å². The third-order valence-corrected chi connectivity index (χ3v) is 5.84. The van der Waals surface area contributed by atoms with E-state index in [1.165, 1.54) is 0 Å². The van der Waals surface area contributed by atoms with Gasteiger partial charge in [-0.2, -0.15) is 8.78 Å². The van der Waals surface area contributed by atoms with Gasteiger partial charge in [-0.3, -0.25) is 0 Å². The second-order valence-electron chi connectivity index (χ2n) is 6.62. The van der Waals surface area contributed by atoms with Crippen LogP contribution < -0.4 is 5.19 Å². The van der Waals surface area contributed by atoms with Crippen LogP contribution >= 0.6 is 0 Å². The SMILES string of the molecule is C=CC(F)(F)C(O[Si](C)(C)c1ccccc1)C(C)(C)C. The van der Waals surface area contributed by atoms with Crippen LogP contribution in [0.2, 0.25) is 13.1 Å². The molecule has 1 atom stereocenters. The Labute approximate surface area is 121 Å². The predicted molar refractivity (Wildman–Crippen MR) is 83.0 cm³/mol. The lowest BCUT2D eigenvalue weighted by Gasteiger charge is -2.40. The van der Waals surface area contributed by atoms with E-state index in [-0.39, 0.29) is 0 Å². The van der Waals surface area contributed by atoms with E-state index >= 15 is 0 Å². The van der Waals surface area contributed by atoms with Crippen LogP contribution in [0.1, 0.15) is 20.8 Å². The third kappa shape index (κ3) is 3.99. The minimum Gasteiger partial charge on any atom is -0.403 e. The third-order valence-electron chi connectivity index (χ3n) is 3.29. The summed E-state index contributed by atoms with van der Waals surface area (Å²) in [6.07, 6.45) is -0.493. The van der Waals surface area contributed by atoms with E-state index in [1.807, 2.05) is 43.4 Å². The van der Waals surface area contributed by atoms with Crippen LogP contribution in [0.3, 0.4) is 0 Å². The van der Waals surface area contributed by atoms with Crippen molar-refractivity contribution < 1.29 is 13.2 Å². The molecule has 1 nitrogen and oxygen atoms in total. The van der Waals surface area contributed by atoms with Crippen molar-refractivity contribution in [3.8, 4) is 0 Å². The second-order valence-corrected chi connectivity index (χ2v) is 10.5. The van der Waals surface area contributed by atoms with E-state index in [2.05, 4.69) is 6.58 Å². The molecular weight excluding hydrogens is 274 g/mol. The van der Waals surface area contributed by atoms with Gasteiger partial charge in [-0.05, 0) is 29.8 Å². The molecule has 0 radical (unpaired) electrons. The van der Waals surface area contributed by atoms with Crippen molar-refractivity contribution in [1.29, 1.82) is 0 Å². The summed E-state index contributed by atoms with van der Waals surface area (Å²) in [6.45, 7) is 12.4. The first-order chi connectivity index (χ1) is 9.00. The van der Waals surface area contributed by atoms with E-state index in [4.69, 9.17) is 4.43 Å². The van der Waals surface area contributed by atoms with Gasteiger partial charge in [-0.25, -0.2) is 0 Å². The molecule has 0 amide bonds. The molecule has 0 fully saturated rings. The molecule has 0 aromatic heterocycles. The van der Waals surface area contributed by atoms with E-state index in [9.17, 15) is 8.78 Å². The Hall–Kier alpha value is -1.00. The molecule has 0 heterocycles. The van der Waals surface area contributed by atoms with Gasteiger partial charge in [0.25, 0.3) is 5.92 Å². The lowest BCUT2D eigenvalue weighted by Crippen LogP contribution is -2.55. The minimum absolute atomic E-state index is 0.670. The van der Waals surface area contributed by atoms with Crippen molar-refractivity contribution in [3.63, 3.8) is 0 Å². The quantitative estimate of drug-likeness (QED) is 0.580. The van der Waals surface area contributed by atoms with Gasteiger partial charge in [0.15, 0.2) is 0 Å². The van der Waals surface area contributed by atoms with Gasteiger partial charge in [0.2, 0.25) is 8.32 Å². The molecule has 1 rings (SSSR count). The first-order valence-corrected chi connectivity index (χ1v) is 9.66. The first kappa shape index (κ1) is 17.0. The Morgan fingerprint density at radius 3 is 2.05 bits per heavy atom. The van der Waals surface area contributed by atoms with Gasteiger partial charge in [0.1, 0.15) is 6.10 Å². The van der Waals surface area contributed by atoms with Crippen LogP contribution in [-0.2, 0) is 4.43 Å². The maximum atomic E-state index is 14.1. The van der Waals surface area contributed by atoms with Crippen molar-refractivity contribution in [3.05, 3.63) is 43.0 Å². The summed E-state index contributed by atoms with van der Waals surface area (Å²) in [5.74, 6) is -3.04. The molecule has 1 aromatic carbocycles. The summed E-state index contributed by atoms with van der Waals surface area (Å²) in [4.78, 5) is 0. The number of hydrogen-bond acceptors (Lipinski definition) is 1. The predicted octanol–water partition coefficient (Wildman–Crippen LogP) is 4.35. The summed E-state index contributed by atoms with van der Waals surface area (Å²) in [6, 6.07) is 9.61. The van der Waals surface area contributed by atoms with Crippen molar-refractivity contribution in [2.45, 2.75) is 45.9 Å². The van der Waals surface area contributed by atoms with Crippen LogP contribution in [0.25, 0.3) is 0 Å². The molecule has 0 aliphatic heterocycles. The zero-order chi connectivity index (χ0) is 15.6. The fourth-order valence-corrected chi connectivity index (χ4v) is 4.37. The molecule has 0 N–H and O–H groups in total. The fraction of sp³-hybridized carbons (Fsp3) is 0.500. The van der Waals surface area contributed by atoms with Crippen molar-refractivity contribution in [1.82, 2.24) is 0 Å². The molecule has 112 valence electrons. The maximum Gasteiger partial charge on any atom is 0.291 e. The number of hydrogen-bond donors (Lipinski definition) is 0. The topological polar surface area (TPSA) is 9.23 Å². The van der Waals surface area contributed by atoms with Gasteiger partial charge in [-0.1, -0.05) is 57.7 Å². The molecule has 0 spiro atoms. The van der Waals surface area contributed by atoms with Crippen molar-refractivity contribution in [2.75, 3.05) is 0 Å². The lowest BCUT2D eigenvalue weighted by molar-refractivity contribution is -0.106. The second kappa shape index (κ2) is 5.78. The molecule has 0 bridgehead atoms. The fourth-order valence-electron chi connectivity index (χ4n) is 2.14. The molecule has 20 heavy (non-hydrogen) atoms. The van der Waals surface area contributed by atoms with Gasteiger partial charge >= 0.3 is 0 Å². The average molecular weight is 298 g/mol. The first-order valence-electron chi connectivity index (χ1n) is 6.75. The zero-order valence-electron chi connectivity index (χ0n) is 12.9. The molecular formula is C16H24F2OSi. The average Bonchev–Trinajstić information content (AvgIpc) is 2.36. The molecule has 0 saturated heterocycles. The van der Waals surface area contributed by atoms with Crippen molar-refractivity contribution in [2.24, 2.45) is 5.41 Å². The number of alkyl halides is 2.